The number of rotatable bonds is 4. The van der Waals surface area contributed by atoms with Gasteiger partial charge in [-0.25, -0.2) is 4.79 Å². The number of aromatic amines is 1. The van der Waals surface area contributed by atoms with Crippen molar-refractivity contribution in [2.24, 2.45) is 0 Å². The van der Waals surface area contributed by atoms with Crippen molar-refractivity contribution in [1.82, 2.24) is 5.16 Å². The quantitative estimate of drug-likeness (QED) is 0.811. The number of benzene rings is 1. The molecule has 0 unspecified atom stereocenters. The van der Waals surface area contributed by atoms with Crippen LogP contribution in [0, 0.1) is 0 Å². The normalized spacial score (nSPS) is 10.4. The van der Waals surface area contributed by atoms with E-state index in [1.165, 1.54) is 23.9 Å². The monoisotopic (exact) mass is 251 g/mol. The molecule has 0 spiro atoms. The summed E-state index contributed by atoms with van der Waals surface area (Å²) < 4.78 is 4.88. The predicted octanol–water partition coefficient (Wildman–Crippen LogP) is 1.96. The molecule has 1 heterocycles. The predicted molar refractivity (Wildman–Crippen MR) is 62.3 cm³/mol. The fourth-order valence-corrected chi connectivity index (χ4v) is 2.24. The van der Waals surface area contributed by atoms with Crippen LogP contribution in [0.3, 0.4) is 0 Å². The van der Waals surface area contributed by atoms with Crippen molar-refractivity contribution in [1.29, 1.82) is 0 Å². The minimum atomic E-state index is -0.969. The van der Waals surface area contributed by atoms with Crippen LogP contribution in [0.4, 0.5) is 0 Å². The largest absolute Gasteiger partial charge is 0.478 e. The van der Waals surface area contributed by atoms with E-state index >= 15 is 0 Å². The van der Waals surface area contributed by atoms with E-state index in [4.69, 9.17) is 9.63 Å². The number of H-pyrrole nitrogens is 1. The molecule has 0 radical (unpaired) electrons. The molecule has 1 aromatic heterocycles. The summed E-state index contributed by atoms with van der Waals surface area (Å²) in [7, 11) is 0. The van der Waals surface area contributed by atoms with Crippen LogP contribution in [0.5, 0.6) is 0 Å². The molecule has 2 N–H and O–H groups in total. The Morgan fingerprint density at radius 3 is 2.82 bits per heavy atom. The lowest BCUT2D eigenvalue weighted by molar-refractivity contribution is 0.0693. The van der Waals surface area contributed by atoms with Crippen molar-refractivity contribution >= 4 is 17.7 Å². The Balaban J connectivity index is 2.14. The zero-order valence-electron chi connectivity index (χ0n) is 8.67. The van der Waals surface area contributed by atoms with Crippen LogP contribution in [0.2, 0.25) is 0 Å². The van der Waals surface area contributed by atoms with Gasteiger partial charge in [-0.05, 0) is 12.1 Å². The van der Waals surface area contributed by atoms with Gasteiger partial charge < -0.3 is 9.63 Å². The lowest BCUT2D eigenvalue weighted by Crippen LogP contribution is -1.98. The second-order valence-electron chi connectivity index (χ2n) is 3.27. The maximum absolute atomic E-state index is 10.9. The summed E-state index contributed by atoms with van der Waals surface area (Å²) in [4.78, 5) is 22.4. The second kappa shape index (κ2) is 4.92. The Labute approximate surface area is 100 Å². The molecule has 1 aromatic carbocycles. The fourth-order valence-electron chi connectivity index (χ4n) is 1.31. The number of aromatic nitrogens is 1. The maximum Gasteiger partial charge on any atom is 0.336 e. The first-order valence-electron chi connectivity index (χ1n) is 4.79. The molecule has 0 aliphatic rings. The standard InChI is InChI=1S/C11H9NO4S/c13-10-5-7(16-12-10)6-17-9-4-2-1-3-8(9)11(14)15/h1-5H,6H2,(H,12,13)(H,14,15). The van der Waals surface area contributed by atoms with E-state index in [0.717, 1.165) is 0 Å². The Bertz CT molecular complexity index is 587. The molecule has 88 valence electrons. The van der Waals surface area contributed by atoms with Gasteiger partial charge in [0.2, 0.25) is 0 Å². The van der Waals surface area contributed by atoms with Gasteiger partial charge in [0.25, 0.3) is 5.56 Å². The van der Waals surface area contributed by atoms with E-state index in [1.807, 2.05) is 0 Å². The van der Waals surface area contributed by atoms with Gasteiger partial charge in [0.15, 0.2) is 0 Å². The first-order chi connectivity index (χ1) is 8.16. The number of carboxylic acid groups (broad SMARTS) is 1. The molecule has 0 saturated carbocycles. The smallest absolute Gasteiger partial charge is 0.336 e. The van der Waals surface area contributed by atoms with Crippen molar-refractivity contribution < 1.29 is 14.4 Å². The minimum Gasteiger partial charge on any atom is -0.478 e. The molecule has 0 amide bonds. The van der Waals surface area contributed by atoms with Gasteiger partial charge in [-0.3, -0.25) is 4.79 Å². The van der Waals surface area contributed by atoms with Crippen molar-refractivity contribution in [3.8, 4) is 0 Å². The van der Waals surface area contributed by atoms with Crippen LogP contribution < -0.4 is 5.56 Å². The lowest BCUT2D eigenvalue weighted by Gasteiger charge is -2.03. The molecule has 0 aliphatic carbocycles. The Morgan fingerprint density at radius 1 is 1.41 bits per heavy atom. The molecule has 0 saturated heterocycles. The van der Waals surface area contributed by atoms with Crippen molar-refractivity contribution in [3.05, 3.63) is 52.0 Å². The summed E-state index contributed by atoms with van der Waals surface area (Å²) in [5, 5.41) is 11.2. The van der Waals surface area contributed by atoms with Crippen molar-refractivity contribution in [2.45, 2.75) is 10.6 Å². The molecule has 0 atom stereocenters. The number of hydrogen-bond donors (Lipinski definition) is 2. The third-order valence-corrected chi connectivity index (χ3v) is 3.16. The van der Waals surface area contributed by atoms with Gasteiger partial charge in [-0.15, -0.1) is 11.8 Å². The molecule has 6 heteroatoms. The fraction of sp³-hybridized carbons (Fsp3) is 0.0909. The summed E-state index contributed by atoms with van der Waals surface area (Å²) in [6.07, 6.45) is 0. The SMILES string of the molecule is O=C(O)c1ccccc1SCc1cc(=O)[nH]o1. The van der Waals surface area contributed by atoms with E-state index in [0.29, 0.717) is 16.4 Å². The van der Waals surface area contributed by atoms with E-state index in [1.54, 1.807) is 18.2 Å². The van der Waals surface area contributed by atoms with Gasteiger partial charge in [-0.2, -0.15) is 5.16 Å². The van der Waals surface area contributed by atoms with E-state index in [-0.39, 0.29) is 11.1 Å². The molecule has 2 rings (SSSR count). The number of thioether (sulfide) groups is 1. The number of carbonyl (C=O) groups is 1. The highest BCUT2D eigenvalue weighted by molar-refractivity contribution is 7.98. The molecular weight excluding hydrogens is 242 g/mol. The maximum atomic E-state index is 10.9. The van der Waals surface area contributed by atoms with Crippen LogP contribution in [-0.2, 0) is 5.75 Å². The molecule has 0 aliphatic heterocycles. The van der Waals surface area contributed by atoms with Crippen molar-refractivity contribution in [2.75, 3.05) is 0 Å². The number of nitrogens with one attached hydrogen (secondary N) is 1. The van der Waals surface area contributed by atoms with Crippen LogP contribution in [0.1, 0.15) is 16.1 Å². The van der Waals surface area contributed by atoms with Crippen LogP contribution in [0.15, 0.2) is 44.5 Å². The van der Waals surface area contributed by atoms with Crippen LogP contribution >= 0.6 is 11.8 Å². The number of aromatic carboxylic acids is 1. The average molecular weight is 251 g/mol. The van der Waals surface area contributed by atoms with E-state index in [9.17, 15) is 9.59 Å². The zero-order chi connectivity index (χ0) is 12.3. The Kier molecular flexibility index (Phi) is 3.34. The third-order valence-electron chi connectivity index (χ3n) is 2.06. The number of hydrogen-bond acceptors (Lipinski definition) is 4. The molecule has 5 nitrogen and oxygen atoms in total. The molecule has 17 heavy (non-hydrogen) atoms. The lowest BCUT2D eigenvalue weighted by atomic mass is 10.2. The summed E-state index contributed by atoms with van der Waals surface area (Å²) in [6, 6.07) is 8.04. The minimum absolute atomic E-state index is 0.246. The molecule has 0 bridgehead atoms. The Hall–Kier alpha value is -1.95. The number of carboxylic acids is 1. The molecule has 0 fully saturated rings. The van der Waals surface area contributed by atoms with Gasteiger partial charge >= 0.3 is 5.97 Å². The van der Waals surface area contributed by atoms with Gasteiger partial charge in [0.1, 0.15) is 5.76 Å². The van der Waals surface area contributed by atoms with Gasteiger partial charge in [0, 0.05) is 11.0 Å². The highest BCUT2D eigenvalue weighted by atomic mass is 32.2. The molecule has 2 aromatic rings. The van der Waals surface area contributed by atoms with Crippen LogP contribution in [-0.4, -0.2) is 16.2 Å². The molecular formula is C11H9NO4S. The van der Waals surface area contributed by atoms with E-state index < -0.39 is 5.97 Å². The van der Waals surface area contributed by atoms with E-state index in [2.05, 4.69) is 5.16 Å². The first kappa shape index (κ1) is 11.5. The Morgan fingerprint density at radius 2 is 2.18 bits per heavy atom. The third kappa shape index (κ3) is 2.79. The second-order valence-corrected chi connectivity index (χ2v) is 4.29. The topological polar surface area (TPSA) is 83.3 Å². The van der Waals surface area contributed by atoms with Gasteiger partial charge in [-0.1, -0.05) is 12.1 Å². The summed E-state index contributed by atoms with van der Waals surface area (Å²) in [5.41, 5.74) is -0.0532. The summed E-state index contributed by atoms with van der Waals surface area (Å²) in [5.74, 6) is -0.0768. The van der Waals surface area contributed by atoms with Crippen molar-refractivity contribution in [3.63, 3.8) is 0 Å². The first-order valence-corrected chi connectivity index (χ1v) is 5.78. The summed E-state index contributed by atoms with van der Waals surface area (Å²) >= 11 is 1.31. The summed E-state index contributed by atoms with van der Waals surface area (Å²) in [6.45, 7) is 0. The van der Waals surface area contributed by atoms with Gasteiger partial charge in [0.05, 0.1) is 11.3 Å². The highest BCUT2D eigenvalue weighted by Crippen LogP contribution is 2.25. The highest BCUT2D eigenvalue weighted by Gasteiger charge is 2.10. The zero-order valence-corrected chi connectivity index (χ0v) is 9.49. The average Bonchev–Trinajstić information content (AvgIpc) is 2.73. The van der Waals surface area contributed by atoms with Crippen LogP contribution in [0.25, 0.3) is 0 Å².